The Kier molecular flexibility index (Phi) is 4.99. The van der Waals surface area contributed by atoms with Crippen LogP contribution in [0.2, 0.25) is 0 Å². The molecule has 1 fully saturated rings. The van der Waals surface area contributed by atoms with E-state index >= 15 is 0 Å². The monoisotopic (exact) mass is 297 g/mol. The summed E-state index contributed by atoms with van der Waals surface area (Å²) in [6.07, 6.45) is 2.75. The number of aliphatic hydroxyl groups excluding tert-OH is 1. The van der Waals surface area contributed by atoms with Crippen molar-refractivity contribution in [2.45, 2.75) is 39.0 Å². The Bertz CT molecular complexity index is 455. The van der Waals surface area contributed by atoms with Gasteiger partial charge >= 0.3 is 6.03 Å². The lowest BCUT2D eigenvalue weighted by molar-refractivity contribution is 0.203. The van der Waals surface area contributed by atoms with Gasteiger partial charge in [0.15, 0.2) is 0 Å². The maximum atomic E-state index is 11.6. The second-order valence-corrected chi connectivity index (χ2v) is 6.74. The lowest BCUT2D eigenvalue weighted by atomic mass is 10.1. The van der Waals surface area contributed by atoms with Crippen LogP contribution < -0.4 is 10.6 Å². The van der Waals surface area contributed by atoms with Crippen LogP contribution in [0.15, 0.2) is 5.38 Å². The zero-order valence-electron chi connectivity index (χ0n) is 12.1. The molecule has 0 atom stereocenters. The van der Waals surface area contributed by atoms with Crippen molar-refractivity contribution >= 4 is 17.4 Å². The van der Waals surface area contributed by atoms with E-state index in [2.05, 4.69) is 34.8 Å². The smallest absolute Gasteiger partial charge is 0.314 e. The molecule has 5 nitrogen and oxygen atoms in total. The molecule has 1 aromatic heterocycles. The molecule has 6 heteroatoms. The predicted octanol–water partition coefficient (Wildman–Crippen LogP) is 1.88. The summed E-state index contributed by atoms with van der Waals surface area (Å²) in [5, 5.41) is 18.0. The number of carbonyl (C=O) groups is 1. The molecule has 112 valence electrons. The van der Waals surface area contributed by atoms with Crippen molar-refractivity contribution in [2.75, 3.05) is 19.7 Å². The molecule has 20 heavy (non-hydrogen) atoms. The van der Waals surface area contributed by atoms with E-state index in [1.807, 2.05) is 0 Å². The third kappa shape index (κ3) is 4.18. The highest BCUT2D eigenvalue weighted by molar-refractivity contribution is 7.09. The Morgan fingerprint density at radius 1 is 1.50 bits per heavy atom. The average molecular weight is 297 g/mol. The third-order valence-electron chi connectivity index (χ3n) is 3.65. The van der Waals surface area contributed by atoms with Gasteiger partial charge in [-0.1, -0.05) is 13.8 Å². The second kappa shape index (κ2) is 6.54. The predicted molar refractivity (Wildman–Crippen MR) is 80.1 cm³/mol. The van der Waals surface area contributed by atoms with Crippen molar-refractivity contribution < 1.29 is 9.90 Å². The van der Waals surface area contributed by atoms with E-state index in [-0.39, 0.29) is 18.1 Å². The summed E-state index contributed by atoms with van der Waals surface area (Å²) in [4.78, 5) is 16.1. The van der Waals surface area contributed by atoms with Gasteiger partial charge in [-0.15, -0.1) is 11.3 Å². The summed E-state index contributed by atoms with van der Waals surface area (Å²) in [7, 11) is 0. The molecule has 1 aromatic rings. The first-order chi connectivity index (χ1) is 9.54. The highest BCUT2D eigenvalue weighted by atomic mass is 32.1. The number of aromatic nitrogens is 1. The van der Waals surface area contributed by atoms with Crippen molar-refractivity contribution in [1.29, 1.82) is 0 Å². The van der Waals surface area contributed by atoms with Crippen LogP contribution in [0.5, 0.6) is 0 Å². The van der Waals surface area contributed by atoms with Crippen molar-refractivity contribution in [3.8, 4) is 0 Å². The summed E-state index contributed by atoms with van der Waals surface area (Å²) >= 11 is 1.67. The molecule has 0 bridgehead atoms. The normalized spacial score (nSPS) is 16.2. The van der Waals surface area contributed by atoms with Gasteiger partial charge in [-0.05, 0) is 12.8 Å². The minimum absolute atomic E-state index is 0.0432. The second-order valence-electron chi connectivity index (χ2n) is 5.85. The molecule has 2 rings (SSSR count). The van der Waals surface area contributed by atoms with Crippen molar-refractivity contribution in [3.05, 3.63) is 16.1 Å². The summed E-state index contributed by atoms with van der Waals surface area (Å²) in [5.74, 6) is 0.457. The van der Waals surface area contributed by atoms with Crippen LogP contribution in [0, 0.1) is 5.41 Å². The standard InChI is InChI=1S/C14H23N3O2S/c1-10(2)12-17-11(7-20-12)3-6-15-13(19)16-8-14(9-18)4-5-14/h7,10,18H,3-6,8-9H2,1-2H3,(H2,15,16,19). The quantitative estimate of drug-likeness (QED) is 0.719. The molecule has 1 heterocycles. The maximum Gasteiger partial charge on any atom is 0.314 e. The highest BCUT2D eigenvalue weighted by Gasteiger charge is 2.42. The van der Waals surface area contributed by atoms with Gasteiger partial charge in [-0.3, -0.25) is 0 Å². The van der Waals surface area contributed by atoms with Gasteiger partial charge < -0.3 is 15.7 Å². The third-order valence-corrected chi connectivity index (χ3v) is 4.84. The number of aliphatic hydroxyl groups is 1. The van der Waals surface area contributed by atoms with Crippen LogP contribution in [0.3, 0.4) is 0 Å². The number of thiazole rings is 1. The van der Waals surface area contributed by atoms with Crippen LogP contribution in [0.1, 0.15) is 43.3 Å². The largest absolute Gasteiger partial charge is 0.396 e. The van der Waals surface area contributed by atoms with Gasteiger partial charge in [0.1, 0.15) is 0 Å². The Morgan fingerprint density at radius 2 is 2.25 bits per heavy atom. The van der Waals surface area contributed by atoms with Crippen molar-refractivity contribution in [1.82, 2.24) is 15.6 Å². The molecule has 3 N–H and O–H groups in total. The maximum absolute atomic E-state index is 11.6. The summed E-state index contributed by atoms with van der Waals surface area (Å²) in [6.45, 7) is 5.55. The number of carbonyl (C=O) groups excluding carboxylic acids is 1. The number of amides is 2. The molecule has 0 saturated heterocycles. The number of urea groups is 1. The fourth-order valence-corrected chi connectivity index (χ4v) is 2.77. The summed E-state index contributed by atoms with van der Waals surface area (Å²) < 4.78 is 0. The molecule has 0 aliphatic heterocycles. The lowest BCUT2D eigenvalue weighted by Crippen LogP contribution is -2.40. The molecular weight excluding hydrogens is 274 g/mol. The molecule has 0 aromatic carbocycles. The van der Waals surface area contributed by atoms with E-state index in [4.69, 9.17) is 5.11 Å². The Hall–Kier alpha value is -1.14. The van der Waals surface area contributed by atoms with Crippen LogP contribution in [0.25, 0.3) is 0 Å². The molecule has 1 saturated carbocycles. The van der Waals surface area contributed by atoms with Crippen molar-refractivity contribution in [3.63, 3.8) is 0 Å². The number of nitrogens with zero attached hydrogens (tertiary/aromatic N) is 1. The van der Waals surface area contributed by atoms with Gasteiger partial charge in [0.25, 0.3) is 0 Å². The van der Waals surface area contributed by atoms with Gasteiger partial charge in [-0.25, -0.2) is 9.78 Å². The van der Waals surface area contributed by atoms with Crippen LogP contribution in [-0.2, 0) is 6.42 Å². The number of hydrogen-bond donors (Lipinski definition) is 3. The first-order valence-electron chi connectivity index (χ1n) is 7.11. The average Bonchev–Trinajstić information content (AvgIpc) is 3.06. The highest BCUT2D eigenvalue weighted by Crippen LogP contribution is 2.44. The molecule has 2 amide bonds. The molecule has 0 radical (unpaired) electrons. The van der Waals surface area contributed by atoms with Crippen LogP contribution >= 0.6 is 11.3 Å². The molecular formula is C14H23N3O2S. The van der Waals surface area contributed by atoms with E-state index in [0.717, 1.165) is 30.0 Å². The minimum atomic E-state index is -0.163. The Balaban J connectivity index is 1.63. The molecule has 0 spiro atoms. The number of hydrogen-bond acceptors (Lipinski definition) is 4. The van der Waals surface area contributed by atoms with E-state index in [1.165, 1.54) is 0 Å². The van der Waals surface area contributed by atoms with Crippen molar-refractivity contribution in [2.24, 2.45) is 5.41 Å². The van der Waals surface area contributed by atoms with Gasteiger partial charge in [0, 0.05) is 36.2 Å². The zero-order valence-corrected chi connectivity index (χ0v) is 12.9. The van der Waals surface area contributed by atoms with Gasteiger partial charge in [0.2, 0.25) is 0 Å². The fraction of sp³-hybridized carbons (Fsp3) is 0.714. The minimum Gasteiger partial charge on any atom is -0.396 e. The Morgan fingerprint density at radius 3 is 2.80 bits per heavy atom. The molecule has 0 unspecified atom stereocenters. The first-order valence-corrected chi connectivity index (χ1v) is 7.99. The lowest BCUT2D eigenvalue weighted by Gasteiger charge is -2.13. The van der Waals surface area contributed by atoms with E-state index < -0.39 is 0 Å². The van der Waals surface area contributed by atoms with E-state index in [9.17, 15) is 4.79 Å². The summed E-state index contributed by atoms with van der Waals surface area (Å²) in [5.41, 5.74) is 0.992. The molecule has 1 aliphatic carbocycles. The van der Waals surface area contributed by atoms with E-state index in [0.29, 0.717) is 19.0 Å². The summed E-state index contributed by atoms with van der Waals surface area (Å²) in [6, 6.07) is -0.163. The SMILES string of the molecule is CC(C)c1nc(CCNC(=O)NCC2(CO)CC2)cs1. The van der Waals surface area contributed by atoms with Crippen LogP contribution in [-0.4, -0.2) is 35.8 Å². The van der Waals surface area contributed by atoms with Gasteiger partial charge in [0.05, 0.1) is 17.3 Å². The number of nitrogens with one attached hydrogen (secondary N) is 2. The zero-order chi connectivity index (χ0) is 14.6. The first kappa shape index (κ1) is 15.3. The van der Waals surface area contributed by atoms with E-state index in [1.54, 1.807) is 11.3 Å². The fourth-order valence-electron chi connectivity index (χ4n) is 1.90. The number of rotatable bonds is 7. The van der Waals surface area contributed by atoms with Gasteiger partial charge in [-0.2, -0.15) is 0 Å². The van der Waals surface area contributed by atoms with Crippen LogP contribution in [0.4, 0.5) is 4.79 Å². The molecule has 1 aliphatic rings. The topological polar surface area (TPSA) is 74.2 Å². The Labute approximate surface area is 123 Å².